The second kappa shape index (κ2) is 14.0. The lowest BCUT2D eigenvalue weighted by Crippen LogP contribution is -2.00. The monoisotopic (exact) mass is 806 g/mol. The predicted octanol–water partition coefficient (Wildman–Crippen LogP) is 15.1. The van der Waals surface area contributed by atoms with Crippen LogP contribution in [0.4, 0.5) is 0 Å². The van der Waals surface area contributed by atoms with E-state index in [-0.39, 0.29) is 0 Å². The van der Waals surface area contributed by atoms with E-state index in [4.69, 9.17) is 23.8 Å². The Morgan fingerprint density at radius 3 is 1.68 bits per heavy atom. The van der Waals surface area contributed by atoms with Crippen LogP contribution in [0, 0.1) is 0 Å². The highest BCUT2D eigenvalue weighted by Crippen LogP contribution is 2.40. The van der Waals surface area contributed by atoms with Crippen LogP contribution in [0.2, 0.25) is 0 Å². The highest BCUT2D eigenvalue weighted by atomic mass is 16.3. The third kappa shape index (κ3) is 5.76. The first kappa shape index (κ1) is 35.2. The summed E-state index contributed by atoms with van der Waals surface area (Å²) in [6.45, 7) is 0. The van der Waals surface area contributed by atoms with Crippen LogP contribution in [0.3, 0.4) is 0 Å². The van der Waals surface area contributed by atoms with Crippen molar-refractivity contribution in [1.82, 2.24) is 19.5 Å². The first-order valence-corrected chi connectivity index (χ1v) is 21.1. The molecule has 13 rings (SSSR count). The molecule has 6 nitrogen and oxygen atoms in total. The molecule has 0 unspecified atom stereocenters. The fraction of sp³-hybridized carbons (Fsp3) is 0. The first-order chi connectivity index (χ1) is 31.2. The topological polar surface area (TPSA) is 69.9 Å². The summed E-state index contributed by atoms with van der Waals surface area (Å²) in [7, 11) is 0. The number of nitrogens with zero attached hydrogens (tertiary/aromatic N) is 4. The second-order valence-electron chi connectivity index (χ2n) is 16.0. The Morgan fingerprint density at radius 1 is 0.302 bits per heavy atom. The molecule has 0 N–H and O–H groups in total. The van der Waals surface area contributed by atoms with Crippen molar-refractivity contribution in [3.8, 4) is 62.1 Å². The average Bonchev–Trinajstić information content (AvgIpc) is 4.03. The number of rotatable bonds is 6. The van der Waals surface area contributed by atoms with Gasteiger partial charge in [0.05, 0.1) is 11.0 Å². The van der Waals surface area contributed by atoms with E-state index in [1.807, 2.05) is 66.7 Å². The van der Waals surface area contributed by atoms with E-state index in [2.05, 4.69) is 144 Å². The lowest BCUT2D eigenvalue weighted by atomic mass is 10.00. The Labute approximate surface area is 361 Å². The number of aromatic nitrogens is 4. The highest BCUT2D eigenvalue weighted by molar-refractivity contribution is 6.13. The van der Waals surface area contributed by atoms with Crippen LogP contribution < -0.4 is 0 Å². The summed E-state index contributed by atoms with van der Waals surface area (Å²) < 4.78 is 15.2. The molecule has 0 radical (unpaired) electrons. The van der Waals surface area contributed by atoms with E-state index in [0.29, 0.717) is 17.5 Å². The Balaban J connectivity index is 0.919. The molecule has 9 aromatic carbocycles. The molecule has 0 saturated heterocycles. The molecule has 0 spiro atoms. The molecular weight excluding hydrogens is 773 g/mol. The molecule has 0 atom stereocenters. The predicted molar refractivity (Wildman–Crippen MR) is 256 cm³/mol. The van der Waals surface area contributed by atoms with Crippen LogP contribution in [0.5, 0.6) is 0 Å². The number of benzene rings is 9. The van der Waals surface area contributed by atoms with E-state index in [9.17, 15) is 0 Å². The Hall–Kier alpha value is -8.61. The molecule has 63 heavy (non-hydrogen) atoms. The van der Waals surface area contributed by atoms with E-state index in [1.165, 1.54) is 32.9 Å². The van der Waals surface area contributed by atoms with Gasteiger partial charge in [0.25, 0.3) is 0 Å². The third-order valence-electron chi connectivity index (χ3n) is 12.3. The maximum absolute atomic E-state index is 6.51. The molecule has 4 aromatic heterocycles. The number of para-hydroxylation sites is 2. The molecule has 0 aliphatic heterocycles. The molecule has 4 heterocycles. The lowest BCUT2D eigenvalue weighted by molar-refractivity contribution is 0.668. The Morgan fingerprint density at radius 2 is 0.857 bits per heavy atom. The maximum Gasteiger partial charge on any atom is 0.164 e. The van der Waals surface area contributed by atoms with Crippen molar-refractivity contribution in [2.75, 3.05) is 0 Å². The molecule has 13 aromatic rings. The van der Waals surface area contributed by atoms with Crippen LogP contribution in [-0.2, 0) is 0 Å². The van der Waals surface area contributed by atoms with E-state index >= 15 is 0 Å². The van der Waals surface area contributed by atoms with Crippen molar-refractivity contribution in [1.29, 1.82) is 0 Å². The summed E-state index contributed by atoms with van der Waals surface area (Å²) >= 11 is 0. The number of fused-ring (bicyclic) bond motifs is 9. The smallest absolute Gasteiger partial charge is 0.164 e. The summed E-state index contributed by atoms with van der Waals surface area (Å²) in [6.07, 6.45) is 0. The maximum atomic E-state index is 6.51. The van der Waals surface area contributed by atoms with Crippen LogP contribution in [0.25, 0.3) is 128 Å². The molecule has 0 aliphatic carbocycles. The summed E-state index contributed by atoms with van der Waals surface area (Å²) in [6, 6.07) is 71.7. The molecule has 0 amide bonds. The lowest BCUT2D eigenvalue weighted by Gasteiger charge is -2.10. The van der Waals surface area contributed by atoms with Gasteiger partial charge in [0.15, 0.2) is 17.5 Å². The van der Waals surface area contributed by atoms with Gasteiger partial charge in [-0.1, -0.05) is 140 Å². The van der Waals surface area contributed by atoms with Gasteiger partial charge in [-0.3, -0.25) is 0 Å². The molecule has 0 aliphatic rings. The molecule has 0 saturated carbocycles. The molecule has 0 bridgehead atoms. The van der Waals surface area contributed by atoms with Gasteiger partial charge in [-0.25, -0.2) is 15.0 Å². The number of furan rings is 2. The first-order valence-electron chi connectivity index (χ1n) is 21.1. The standard InChI is InChI=1S/C57H34N4O2/c1-3-12-35(13-4-1)38-25-30-49-46(32-38)42-16-7-9-19-48(42)61(49)41-27-22-36(23-28-41)39-26-31-51-47(33-39)54-45(18-11-21-52(54)62-51)57-59-55(37-14-5-2-6-15-37)58-56(60-57)40-24-29-44-43-17-8-10-20-50(43)63-53(44)34-40/h1-34H. The van der Waals surface area contributed by atoms with Gasteiger partial charge in [-0.15, -0.1) is 0 Å². The van der Waals surface area contributed by atoms with Gasteiger partial charge < -0.3 is 13.4 Å². The minimum Gasteiger partial charge on any atom is -0.456 e. The zero-order chi connectivity index (χ0) is 41.4. The third-order valence-corrected chi connectivity index (χ3v) is 12.3. The van der Waals surface area contributed by atoms with Gasteiger partial charge in [0.1, 0.15) is 22.3 Å². The number of hydrogen-bond acceptors (Lipinski definition) is 5. The van der Waals surface area contributed by atoms with Crippen LogP contribution in [-0.4, -0.2) is 19.5 Å². The summed E-state index contributed by atoms with van der Waals surface area (Å²) in [5.41, 5.74) is 13.9. The average molecular weight is 807 g/mol. The van der Waals surface area contributed by atoms with Crippen molar-refractivity contribution in [3.63, 3.8) is 0 Å². The summed E-state index contributed by atoms with van der Waals surface area (Å²) in [5.74, 6) is 1.71. The fourth-order valence-electron chi connectivity index (χ4n) is 9.26. The second-order valence-corrected chi connectivity index (χ2v) is 16.0. The molecule has 0 fully saturated rings. The Bertz CT molecular complexity index is 3900. The minimum atomic E-state index is 0.562. The van der Waals surface area contributed by atoms with Crippen molar-refractivity contribution in [3.05, 3.63) is 206 Å². The van der Waals surface area contributed by atoms with Crippen LogP contribution in [0.15, 0.2) is 215 Å². The summed E-state index contributed by atoms with van der Waals surface area (Å²) in [5, 5.41) is 6.54. The largest absolute Gasteiger partial charge is 0.456 e. The van der Waals surface area contributed by atoms with Crippen LogP contribution >= 0.6 is 0 Å². The van der Waals surface area contributed by atoms with Crippen LogP contribution in [0.1, 0.15) is 0 Å². The zero-order valence-electron chi connectivity index (χ0n) is 33.7. The molecule has 6 heteroatoms. The number of hydrogen-bond donors (Lipinski definition) is 0. The van der Waals surface area contributed by atoms with Crippen molar-refractivity contribution in [2.45, 2.75) is 0 Å². The van der Waals surface area contributed by atoms with E-state index < -0.39 is 0 Å². The van der Waals surface area contributed by atoms with Gasteiger partial charge in [-0.2, -0.15) is 0 Å². The van der Waals surface area contributed by atoms with Crippen molar-refractivity contribution < 1.29 is 8.83 Å². The van der Waals surface area contributed by atoms with E-state index in [0.717, 1.165) is 77.4 Å². The Kier molecular flexibility index (Phi) is 7.80. The SMILES string of the molecule is c1ccc(-c2ccc3c(c2)c2ccccc2n3-c2ccc(-c3ccc4oc5cccc(-c6nc(-c7ccccc7)nc(-c7ccc8c(c7)oc7ccccc78)n6)c5c4c3)cc2)cc1. The normalized spacial score (nSPS) is 11.8. The van der Waals surface area contributed by atoms with E-state index in [1.54, 1.807) is 0 Å². The van der Waals surface area contributed by atoms with Gasteiger partial charge in [-0.05, 0) is 89.0 Å². The highest BCUT2D eigenvalue weighted by Gasteiger charge is 2.20. The van der Waals surface area contributed by atoms with Gasteiger partial charge >= 0.3 is 0 Å². The van der Waals surface area contributed by atoms with Gasteiger partial charge in [0, 0.05) is 54.7 Å². The molecule has 294 valence electrons. The quantitative estimate of drug-likeness (QED) is 0.167. The molecular formula is C57H34N4O2. The van der Waals surface area contributed by atoms with Crippen molar-refractivity contribution in [2.24, 2.45) is 0 Å². The zero-order valence-corrected chi connectivity index (χ0v) is 33.7. The summed E-state index contributed by atoms with van der Waals surface area (Å²) in [4.78, 5) is 15.3. The van der Waals surface area contributed by atoms with Crippen molar-refractivity contribution >= 4 is 65.7 Å². The fourth-order valence-corrected chi connectivity index (χ4v) is 9.26. The van der Waals surface area contributed by atoms with Gasteiger partial charge in [0.2, 0.25) is 0 Å². The minimum absolute atomic E-state index is 0.562.